The minimum absolute atomic E-state index is 0.0501. The Bertz CT molecular complexity index is 1050. The summed E-state index contributed by atoms with van der Waals surface area (Å²) in [6.45, 7) is 2.50. The Hall–Kier alpha value is -2.69. The molecule has 1 atom stereocenters. The van der Waals surface area contributed by atoms with Gasteiger partial charge in [-0.2, -0.15) is 13.2 Å². The molecule has 2 rings (SSSR count). The lowest BCUT2D eigenvalue weighted by atomic mass is 10.1. The molecule has 0 aliphatic carbocycles. The lowest BCUT2D eigenvalue weighted by molar-refractivity contribution is -0.383. The second kappa shape index (κ2) is 10.8. The average Bonchev–Trinajstić information content (AvgIpc) is 2.73. The number of benzene rings is 1. The Labute approximate surface area is 185 Å². The zero-order valence-electron chi connectivity index (χ0n) is 16.7. The van der Waals surface area contributed by atoms with E-state index in [1.807, 2.05) is 0 Å². The van der Waals surface area contributed by atoms with E-state index in [4.69, 9.17) is 20.9 Å². The number of hydrogen-bond acceptors (Lipinski definition) is 8. The van der Waals surface area contributed by atoms with Gasteiger partial charge in [-0.3, -0.25) is 24.0 Å². The number of aromatic nitrogens is 1. The molecule has 0 amide bonds. The van der Waals surface area contributed by atoms with Crippen molar-refractivity contribution in [3.8, 4) is 11.6 Å². The maximum absolute atomic E-state index is 12.8. The van der Waals surface area contributed by atoms with Crippen LogP contribution in [0.3, 0.4) is 0 Å². The molecule has 9 nitrogen and oxygen atoms in total. The van der Waals surface area contributed by atoms with Crippen molar-refractivity contribution in [1.82, 2.24) is 4.98 Å². The Morgan fingerprint density at radius 3 is 2.50 bits per heavy atom. The second-order valence-electron chi connectivity index (χ2n) is 6.12. The van der Waals surface area contributed by atoms with Crippen LogP contribution < -0.4 is 10.0 Å². The number of halogens is 4. The van der Waals surface area contributed by atoms with Gasteiger partial charge < -0.3 is 9.47 Å². The molecule has 0 saturated heterocycles. The van der Waals surface area contributed by atoms with Crippen LogP contribution in [0.15, 0.2) is 24.4 Å². The molecular formula is C18H17ClF3N2O7P. The van der Waals surface area contributed by atoms with E-state index in [0.717, 1.165) is 12.1 Å². The quantitative estimate of drug-likeness (QED) is 0.156. The highest BCUT2D eigenvalue weighted by Crippen LogP contribution is 2.38. The molecule has 32 heavy (non-hydrogen) atoms. The first-order valence-electron chi connectivity index (χ1n) is 9.02. The average molecular weight is 497 g/mol. The summed E-state index contributed by atoms with van der Waals surface area (Å²) >= 11 is 5.85. The monoisotopic (exact) mass is 496 g/mol. The van der Waals surface area contributed by atoms with E-state index in [1.165, 1.54) is 6.92 Å². The summed E-state index contributed by atoms with van der Waals surface area (Å²) in [5.41, 5.74) is -1.33. The highest BCUT2D eigenvalue weighted by molar-refractivity contribution is 7.48. The van der Waals surface area contributed by atoms with Crippen molar-refractivity contribution >= 4 is 36.6 Å². The molecule has 0 radical (unpaired) electrons. The molecule has 1 unspecified atom stereocenters. The van der Waals surface area contributed by atoms with Gasteiger partial charge in [0.25, 0.3) is 5.69 Å². The SMILES string of the molecule is CCC(=O)OCO[PH](=O)c1cc(Oc2ncc(C(F)(F)F)cc2Cl)c(CC)cc1[N+](=O)[O-]. The van der Waals surface area contributed by atoms with E-state index in [0.29, 0.717) is 12.3 Å². The number of hydrogen-bond donors (Lipinski definition) is 0. The normalized spacial score (nSPS) is 12.3. The van der Waals surface area contributed by atoms with Gasteiger partial charge in [0.1, 0.15) is 16.1 Å². The summed E-state index contributed by atoms with van der Waals surface area (Å²) in [6, 6.07) is 2.79. The predicted octanol–water partition coefficient (Wildman–Crippen LogP) is 5.04. The maximum Gasteiger partial charge on any atom is 0.417 e. The number of alkyl halides is 3. The highest BCUT2D eigenvalue weighted by Gasteiger charge is 2.32. The summed E-state index contributed by atoms with van der Waals surface area (Å²) in [5, 5.41) is 10.6. The van der Waals surface area contributed by atoms with Crippen LogP contribution in [-0.4, -0.2) is 22.7 Å². The van der Waals surface area contributed by atoms with Crippen molar-refractivity contribution in [2.24, 2.45) is 0 Å². The first-order chi connectivity index (χ1) is 15.0. The van der Waals surface area contributed by atoms with Gasteiger partial charge in [-0.1, -0.05) is 25.4 Å². The van der Waals surface area contributed by atoms with Crippen LogP contribution in [0.25, 0.3) is 0 Å². The van der Waals surface area contributed by atoms with Crippen molar-refractivity contribution < 1.29 is 41.5 Å². The van der Waals surface area contributed by atoms with Gasteiger partial charge in [0.2, 0.25) is 13.9 Å². The summed E-state index contributed by atoms with van der Waals surface area (Å²) in [4.78, 5) is 25.4. The van der Waals surface area contributed by atoms with E-state index in [-0.39, 0.29) is 35.3 Å². The number of carbonyl (C=O) groups is 1. The minimum atomic E-state index is -4.66. The number of nitro groups is 1. The van der Waals surface area contributed by atoms with E-state index in [9.17, 15) is 32.6 Å². The van der Waals surface area contributed by atoms with Crippen molar-refractivity contribution in [3.05, 3.63) is 50.7 Å². The van der Waals surface area contributed by atoms with Crippen LogP contribution >= 0.6 is 19.6 Å². The molecule has 0 fully saturated rings. The number of ether oxygens (including phenoxy) is 2. The fraction of sp³-hybridized carbons (Fsp3) is 0.333. The van der Waals surface area contributed by atoms with E-state index in [2.05, 4.69) is 9.72 Å². The number of carbonyl (C=O) groups excluding carboxylic acids is 1. The van der Waals surface area contributed by atoms with Crippen molar-refractivity contribution in [2.45, 2.75) is 32.9 Å². The summed E-state index contributed by atoms with van der Waals surface area (Å²) in [6.07, 6.45) is -3.87. The fourth-order valence-electron chi connectivity index (χ4n) is 2.39. The molecular weight excluding hydrogens is 480 g/mol. The second-order valence-corrected chi connectivity index (χ2v) is 7.93. The van der Waals surface area contributed by atoms with E-state index in [1.54, 1.807) is 6.92 Å². The fourth-order valence-corrected chi connectivity index (χ4v) is 3.53. The number of esters is 1. The Kier molecular flexibility index (Phi) is 8.59. The third kappa shape index (κ3) is 6.41. The highest BCUT2D eigenvalue weighted by atomic mass is 35.5. The zero-order chi connectivity index (χ0) is 24.1. The van der Waals surface area contributed by atoms with Crippen molar-refractivity contribution in [2.75, 3.05) is 6.79 Å². The molecule has 0 aliphatic rings. The smallest absolute Gasteiger partial charge is 0.417 e. The van der Waals surface area contributed by atoms with Gasteiger partial charge in [-0.05, 0) is 12.5 Å². The minimum Gasteiger partial charge on any atom is -0.438 e. The van der Waals surface area contributed by atoms with Gasteiger partial charge in [0.05, 0.1) is 10.5 Å². The Balaban J connectivity index is 2.40. The molecule has 1 heterocycles. The third-order valence-corrected chi connectivity index (χ3v) is 5.51. The third-order valence-electron chi connectivity index (χ3n) is 4.02. The van der Waals surface area contributed by atoms with Crippen LogP contribution in [0.5, 0.6) is 11.6 Å². The van der Waals surface area contributed by atoms with Crippen LogP contribution in [0.1, 0.15) is 31.4 Å². The topological polar surface area (TPSA) is 118 Å². The first-order valence-corrected chi connectivity index (χ1v) is 10.7. The van der Waals surface area contributed by atoms with Crippen molar-refractivity contribution in [1.29, 1.82) is 0 Å². The van der Waals surface area contributed by atoms with Gasteiger partial charge in [0.15, 0.2) is 6.79 Å². The van der Waals surface area contributed by atoms with Crippen LogP contribution in [0.4, 0.5) is 18.9 Å². The number of rotatable bonds is 9. The standard InChI is InChI=1S/C18H17ClF3N2O7P/c1-3-10-5-13(24(26)27)15(32(28)30-9-29-16(25)4-2)7-14(10)31-17-12(19)6-11(8-23-17)18(20,21)22/h5-8,32H,3-4,9H2,1-2H3. The van der Waals surface area contributed by atoms with Gasteiger partial charge >= 0.3 is 12.1 Å². The summed E-state index contributed by atoms with van der Waals surface area (Å²) < 4.78 is 66.0. The van der Waals surface area contributed by atoms with Crippen LogP contribution in [0.2, 0.25) is 5.02 Å². The number of nitro benzene ring substituents is 1. The number of aryl methyl sites for hydroxylation is 1. The largest absolute Gasteiger partial charge is 0.438 e. The molecule has 174 valence electrons. The first kappa shape index (κ1) is 25.6. The molecule has 0 aliphatic heterocycles. The molecule has 2 aromatic rings. The zero-order valence-corrected chi connectivity index (χ0v) is 18.5. The molecule has 0 N–H and O–H groups in total. The Morgan fingerprint density at radius 1 is 1.28 bits per heavy atom. The van der Waals surface area contributed by atoms with Gasteiger partial charge in [0, 0.05) is 30.3 Å². The molecule has 14 heteroatoms. The molecule has 1 aromatic heterocycles. The van der Waals surface area contributed by atoms with E-state index < -0.39 is 48.2 Å². The molecule has 0 spiro atoms. The summed E-state index contributed by atoms with van der Waals surface area (Å²) in [5.74, 6) is -1.07. The number of pyridine rings is 1. The lowest BCUT2D eigenvalue weighted by Gasteiger charge is -2.14. The molecule has 0 saturated carbocycles. The van der Waals surface area contributed by atoms with Gasteiger partial charge in [-0.25, -0.2) is 4.98 Å². The molecule has 0 bridgehead atoms. The lowest BCUT2D eigenvalue weighted by Crippen LogP contribution is -2.11. The summed E-state index contributed by atoms with van der Waals surface area (Å²) in [7, 11) is -3.27. The Morgan fingerprint density at radius 2 is 1.97 bits per heavy atom. The van der Waals surface area contributed by atoms with Crippen LogP contribution in [0, 0.1) is 10.1 Å². The number of nitrogens with zero attached hydrogens (tertiary/aromatic N) is 2. The maximum atomic E-state index is 12.8. The van der Waals surface area contributed by atoms with E-state index >= 15 is 0 Å². The predicted molar refractivity (Wildman–Crippen MR) is 108 cm³/mol. The van der Waals surface area contributed by atoms with Crippen LogP contribution in [-0.2, 0) is 31.2 Å². The molecule has 1 aromatic carbocycles. The van der Waals surface area contributed by atoms with Gasteiger partial charge in [-0.15, -0.1) is 0 Å². The van der Waals surface area contributed by atoms with Crippen molar-refractivity contribution in [3.63, 3.8) is 0 Å².